The van der Waals surface area contributed by atoms with Crippen molar-refractivity contribution in [2.24, 2.45) is 0 Å². The Labute approximate surface area is 343 Å². The van der Waals surface area contributed by atoms with Crippen LogP contribution in [0.3, 0.4) is 0 Å². The fourth-order valence-corrected chi connectivity index (χ4v) is 5.23. The van der Waals surface area contributed by atoms with E-state index in [0.29, 0.717) is 17.5 Å². The molecule has 0 bridgehead atoms. The average Bonchev–Trinajstić information content (AvgIpc) is 3.09. The molecule has 1 amide bonds. The van der Waals surface area contributed by atoms with Crippen LogP contribution in [-0.2, 0) is 42.4 Å². The number of para-hydroxylation sites is 1. The number of nitro groups is 1. The molecule has 57 heavy (non-hydrogen) atoms. The van der Waals surface area contributed by atoms with Crippen LogP contribution >= 0.6 is 30.8 Å². The minimum absolute atomic E-state index is 0.0111. The number of aryl methyl sites for hydroxylation is 2. The first-order valence-corrected chi connectivity index (χ1v) is 21.9. The van der Waals surface area contributed by atoms with Crippen molar-refractivity contribution < 1.29 is 61.4 Å². The number of hydrogen-bond donors (Lipinski definition) is 3. The monoisotopic (exact) mass is 889 g/mol. The van der Waals surface area contributed by atoms with E-state index in [1.54, 1.807) is 18.9 Å². The number of alkyl halides is 4. The zero-order valence-electron chi connectivity index (χ0n) is 32.7. The molecule has 21 heteroatoms. The second-order valence-corrected chi connectivity index (χ2v) is 16.8. The molecule has 2 atom stereocenters. The Morgan fingerprint density at radius 1 is 1.09 bits per heavy atom. The Morgan fingerprint density at radius 2 is 1.70 bits per heavy atom. The lowest BCUT2D eigenvalue weighted by atomic mass is 10.0. The second kappa shape index (κ2) is 26.4. The summed E-state index contributed by atoms with van der Waals surface area (Å²) in [5, 5.41) is 20.6. The number of anilines is 1. The number of methoxy groups -OCH3 is 1. The lowest BCUT2D eigenvalue weighted by Crippen LogP contribution is -2.43. The van der Waals surface area contributed by atoms with Gasteiger partial charge in [-0.2, -0.15) is 13.2 Å². The highest BCUT2D eigenvalue weighted by atomic mass is 35.5. The van der Waals surface area contributed by atoms with Gasteiger partial charge in [-0.3, -0.25) is 25.0 Å². The molecule has 3 N–H and O–H groups in total. The van der Waals surface area contributed by atoms with E-state index in [4.69, 9.17) is 47.4 Å². The standard InChI is InChI=1S/C15H11ClF3NO4.C15H22ClNO2.C3H8NO5P.C3H9S/c1-2-23-14-8-10(4-5-12(14)20(21)22)24-13-6-3-9(7-11(13)16)15(17,18)19;1-5-13-8-6-7-11(2)15(13)17(14(18)9-16)12(3)10-19-4;5-3(6)1-4-2-10(7,8)9;1-4(2)3/h3-8H,2H2,1H3;6-8,12H,5,9-10H2,1-4H3;4H,1-2H2,(H,5,6)(H2,7,8,9);1-3H3/q;;;+1/p-1. The smallest absolute Gasteiger partial charge is 0.416 e. The van der Waals surface area contributed by atoms with Crippen molar-refractivity contribution in [3.05, 3.63) is 86.4 Å². The van der Waals surface area contributed by atoms with Crippen molar-refractivity contribution >= 4 is 64.9 Å². The molecule has 320 valence electrons. The minimum atomic E-state index is -4.52. The van der Waals surface area contributed by atoms with Gasteiger partial charge in [0.05, 0.1) is 72.1 Å². The minimum Gasteiger partial charge on any atom is -0.778 e. The highest BCUT2D eigenvalue weighted by Gasteiger charge is 2.31. The van der Waals surface area contributed by atoms with Gasteiger partial charge in [0, 0.05) is 19.2 Å². The van der Waals surface area contributed by atoms with Gasteiger partial charge >= 0.3 is 17.8 Å². The summed E-state index contributed by atoms with van der Waals surface area (Å²) in [5.74, 6) is -1.16. The van der Waals surface area contributed by atoms with Gasteiger partial charge in [-0.15, -0.1) is 11.6 Å². The molecular weight excluding hydrogens is 841 g/mol. The topological polar surface area (TPSA) is 201 Å². The van der Waals surface area contributed by atoms with Crippen molar-refractivity contribution in [1.29, 1.82) is 0 Å². The molecule has 0 spiro atoms. The molecule has 0 aromatic heterocycles. The number of halogens is 5. The number of rotatable bonds is 15. The van der Waals surface area contributed by atoms with E-state index in [9.17, 15) is 42.3 Å². The van der Waals surface area contributed by atoms with Gasteiger partial charge in [0.2, 0.25) is 11.7 Å². The summed E-state index contributed by atoms with van der Waals surface area (Å²) in [6, 6.07) is 12.4. The fourth-order valence-electron chi connectivity index (χ4n) is 4.49. The van der Waals surface area contributed by atoms with Gasteiger partial charge in [0.1, 0.15) is 25.0 Å². The number of carbonyl (C=O) groups excluding carboxylic acids is 1. The van der Waals surface area contributed by atoms with Gasteiger partial charge in [-0.05, 0) is 73.5 Å². The van der Waals surface area contributed by atoms with E-state index >= 15 is 0 Å². The normalized spacial score (nSPS) is 12.3. The van der Waals surface area contributed by atoms with Crippen LogP contribution in [0.1, 0.15) is 37.5 Å². The summed E-state index contributed by atoms with van der Waals surface area (Å²) >= 11 is 11.6. The molecule has 0 radical (unpaired) electrons. The number of benzene rings is 3. The third-order valence-corrected chi connectivity index (χ3v) is 7.82. The van der Waals surface area contributed by atoms with Crippen LogP contribution in [0.5, 0.6) is 17.2 Å². The van der Waals surface area contributed by atoms with Crippen LogP contribution in [0, 0.1) is 17.0 Å². The highest BCUT2D eigenvalue weighted by Crippen LogP contribution is 2.38. The summed E-state index contributed by atoms with van der Waals surface area (Å²) in [6.45, 7) is 7.94. The fraction of sp³-hybridized carbons (Fsp3) is 0.444. The number of carboxylic acid groups (broad SMARTS) is 1. The van der Waals surface area contributed by atoms with E-state index in [-0.39, 0.29) is 52.4 Å². The summed E-state index contributed by atoms with van der Waals surface area (Å²) in [7, 11) is -2.07. The van der Waals surface area contributed by atoms with Crippen molar-refractivity contribution in [3.63, 3.8) is 0 Å². The Hall–Kier alpha value is -3.61. The quantitative estimate of drug-likeness (QED) is 0.0454. The zero-order chi connectivity index (χ0) is 44.1. The summed E-state index contributed by atoms with van der Waals surface area (Å²) in [6.07, 6.45) is 2.24. The summed E-state index contributed by atoms with van der Waals surface area (Å²) in [4.78, 5) is 52.0. The summed E-state index contributed by atoms with van der Waals surface area (Å²) < 4.78 is 63.5. The molecule has 14 nitrogen and oxygen atoms in total. The second-order valence-electron chi connectivity index (χ2n) is 12.0. The molecule has 0 aliphatic rings. The van der Waals surface area contributed by atoms with E-state index in [2.05, 4.69) is 31.8 Å². The lowest BCUT2D eigenvalue weighted by molar-refractivity contribution is -0.385. The van der Waals surface area contributed by atoms with E-state index in [1.807, 2.05) is 31.3 Å². The SMILES string of the molecule is CCOc1cc(Oc2ccc(C(F)(F)F)cc2Cl)ccc1[N+](=O)[O-].CCc1cccc(C)c1N(C(=O)CCl)C(C)COC.C[S+](C)C.O=C(O)CNCP(=O)([O-])O. The maximum absolute atomic E-state index is 12.6. The first kappa shape index (κ1) is 53.4. The predicted octanol–water partition coefficient (Wildman–Crippen LogP) is 7.28. The molecule has 0 aliphatic carbocycles. The van der Waals surface area contributed by atoms with Crippen LogP contribution in [0.25, 0.3) is 0 Å². The third-order valence-electron chi connectivity index (χ3n) is 6.68. The van der Waals surface area contributed by atoms with Gasteiger partial charge in [0.15, 0.2) is 0 Å². The van der Waals surface area contributed by atoms with Gasteiger partial charge < -0.3 is 38.6 Å². The highest BCUT2D eigenvalue weighted by molar-refractivity contribution is 7.94. The average molecular weight is 891 g/mol. The lowest BCUT2D eigenvalue weighted by Gasteiger charge is -2.31. The molecule has 0 heterocycles. The van der Waals surface area contributed by atoms with E-state index < -0.39 is 43.1 Å². The number of nitrogens with one attached hydrogen (secondary N) is 1. The maximum Gasteiger partial charge on any atom is 0.416 e. The van der Waals surface area contributed by atoms with Crippen molar-refractivity contribution in [3.8, 4) is 17.2 Å². The van der Waals surface area contributed by atoms with Gasteiger partial charge in [0.25, 0.3) is 0 Å². The van der Waals surface area contributed by atoms with Crippen LogP contribution in [0.15, 0.2) is 54.6 Å². The Balaban J connectivity index is 0.000000843. The number of nitrogens with zero attached hydrogens (tertiary/aromatic N) is 2. The molecule has 0 aliphatic heterocycles. The molecule has 3 aromatic carbocycles. The Bertz CT molecular complexity index is 1780. The van der Waals surface area contributed by atoms with Crippen molar-refractivity contribution in [2.45, 2.75) is 46.3 Å². The predicted molar refractivity (Wildman–Crippen MR) is 216 cm³/mol. The number of carbonyl (C=O) groups is 2. The van der Waals surface area contributed by atoms with Crippen LogP contribution in [0.4, 0.5) is 24.5 Å². The number of aliphatic carboxylic acids is 1. The maximum atomic E-state index is 12.6. The number of carboxylic acids is 1. The number of hydrogen-bond acceptors (Lipinski definition) is 10. The zero-order valence-corrected chi connectivity index (χ0v) is 35.9. The van der Waals surface area contributed by atoms with Crippen molar-refractivity contribution in [2.75, 3.05) is 62.7 Å². The third kappa shape index (κ3) is 21.1. The number of ether oxygens (including phenoxy) is 3. The molecule has 0 saturated heterocycles. The Morgan fingerprint density at radius 3 is 2.16 bits per heavy atom. The van der Waals surface area contributed by atoms with Gasteiger partial charge in [-0.25, -0.2) is 0 Å². The molecule has 0 fully saturated rings. The first-order chi connectivity index (χ1) is 26.4. The van der Waals surface area contributed by atoms with Crippen LogP contribution < -0.4 is 24.6 Å². The van der Waals surface area contributed by atoms with Crippen molar-refractivity contribution in [1.82, 2.24) is 5.32 Å². The van der Waals surface area contributed by atoms with E-state index in [0.717, 1.165) is 41.4 Å². The van der Waals surface area contributed by atoms with Gasteiger partial charge in [-0.1, -0.05) is 36.7 Å². The van der Waals surface area contributed by atoms with Crippen LogP contribution in [0.2, 0.25) is 5.02 Å². The molecule has 0 saturated carbocycles. The summed E-state index contributed by atoms with van der Waals surface area (Å²) in [5.41, 5.74) is 2.06. The molecule has 2 unspecified atom stereocenters. The first-order valence-electron chi connectivity index (χ1n) is 16.8. The molecule has 3 aromatic rings. The van der Waals surface area contributed by atoms with Crippen LogP contribution in [-0.4, -0.2) is 90.6 Å². The largest absolute Gasteiger partial charge is 0.778 e. The number of amides is 1. The Kier molecular flexibility index (Phi) is 24.7. The van der Waals surface area contributed by atoms with E-state index in [1.165, 1.54) is 18.2 Å². The number of nitro benzene ring substituents is 1. The molecule has 3 rings (SSSR count). The molecular formula is C36H49Cl2F3N3O11PS.